The second-order valence-corrected chi connectivity index (χ2v) is 9.93. The molecule has 1 fully saturated rings. The summed E-state index contributed by atoms with van der Waals surface area (Å²) in [5.74, 6) is 0.791. The SMILES string of the molecule is C=C(/C=C\C(=C/C)OCCCNC1CCCC1)[C@H]1c2[nH]c3ccc(Cl)cc3c2CCN1C(=O)OCC. The van der Waals surface area contributed by atoms with Gasteiger partial charge >= 0.3 is 6.09 Å². The standard InChI is InChI=1S/C29H38ClN3O3/c1-4-23(36-18-8-16-31-22-9-6-7-10-22)13-11-20(3)28-27-24(15-17-33(28)29(34)35-5-2)25-19-21(30)12-14-26(25)32-27/h4,11-14,19,22,28,31-32H,3,5-10,15-18H2,1-2H3/b13-11-,23-4+/t28-/m0/s1. The predicted molar refractivity (Wildman–Crippen MR) is 146 cm³/mol. The Balaban J connectivity index is 1.45. The highest BCUT2D eigenvalue weighted by Crippen LogP contribution is 2.39. The zero-order valence-electron chi connectivity index (χ0n) is 21.4. The summed E-state index contributed by atoms with van der Waals surface area (Å²) in [4.78, 5) is 18.1. The summed E-state index contributed by atoms with van der Waals surface area (Å²) in [5.41, 5.74) is 3.92. The molecule has 0 bridgehead atoms. The minimum absolute atomic E-state index is 0.325. The van der Waals surface area contributed by atoms with Gasteiger partial charge in [0.15, 0.2) is 0 Å². The van der Waals surface area contributed by atoms with Crippen molar-refractivity contribution in [1.82, 2.24) is 15.2 Å². The summed E-state index contributed by atoms with van der Waals surface area (Å²) >= 11 is 6.28. The maximum Gasteiger partial charge on any atom is 0.410 e. The largest absolute Gasteiger partial charge is 0.494 e. The highest BCUT2D eigenvalue weighted by Gasteiger charge is 2.35. The van der Waals surface area contributed by atoms with Crippen LogP contribution in [0.4, 0.5) is 4.79 Å². The normalized spacial score (nSPS) is 18.7. The first kappa shape index (κ1) is 26.4. The Bertz CT molecular complexity index is 1130. The fourth-order valence-corrected chi connectivity index (χ4v) is 5.43. The lowest BCUT2D eigenvalue weighted by Crippen LogP contribution is -2.41. The Labute approximate surface area is 219 Å². The van der Waals surface area contributed by atoms with Gasteiger partial charge < -0.3 is 19.8 Å². The second kappa shape index (κ2) is 12.5. The van der Waals surface area contributed by atoms with E-state index in [4.69, 9.17) is 21.1 Å². The number of hydrogen-bond donors (Lipinski definition) is 2. The number of amides is 1. The molecule has 4 rings (SSSR count). The molecular weight excluding hydrogens is 474 g/mol. The molecule has 0 spiro atoms. The highest BCUT2D eigenvalue weighted by molar-refractivity contribution is 6.31. The molecule has 7 heteroatoms. The third-order valence-electron chi connectivity index (χ3n) is 7.07. The number of rotatable bonds is 10. The fraction of sp³-hybridized carbons (Fsp3) is 0.483. The Morgan fingerprint density at radius 2 is 2.08 bits per heavy atom. The number of nitrogens with zero attached hydrogens (tertiary/aromatic N) is 1. The van der Waals surface area contributed by atoms with Gasteiger partial charge in [0.1, 0.15) is 11.8 Å². The van der Waals surface area contributed by atoms with Crippen LogP contribution >= 0.6 is 11.6 Å². The molecule has 1 aromatic carbocycles. The Hall–Kier alpha value is -2.70. The lowest BCUT2D eigenvalue weighted by Gasteiger charge is -2.35. The van der Waals surface area contributed by atoms with E-state index in [0.717, 1.165) is 47.3 Å². The lowest BCUT2D eigenvalue weighted by atomic mass is 9.93. The van der Waals surface area contributed by atoms with E-state index < -0.39 is 0 Å². The molecule has 1 saturated carbocycles. The number of ether oxygens (including phenoxy) is 2. The molecule has 0 radical (unpaired) electrons. The van der Waals surface area contributed by atoms with Gasteiger partial charge in [-0.3, -0.25) is 4.90 Å². The van der Waals surface area contributed by atoms with Crippen molar-refractivity contribution in [1.29, 1.82) is 0 Å². The molecule has 6 nitrogen and oxygen atoms in total. The van der Waals surface area contributed by atoms with Crippen molar-refractivity contribution in [3.05, 3.63) is 70.6 Å². The van der Waals surface area contributed by atoms with Gasteiger partial charge in [0.05, 0.1) is 13.2 Å². The predicted octanol–water partition coefficient (Wildman–Crippen LogP) is 6.83. The minimum atomic E-state index is -0.357. The van der Waals surface area contributed by atoms with Gasteiger partial charge in [-0.15, -0.1) is 0 Å². The van der Waals surface area contributed by atoms with Crippen molar-refractivity contribution in [3.8, 4) is 0 Å². The molecule has 1 amide bonds. The summed E-state index contributed by atoms with van der Waals surface area (Å²) in [7, 11) is 0. The van der Waals surface area contributed by atoms with Gasteiger partial charge in [-0.2, -0.15) is 0 Å². The van der Waals surface area contributed by atoms with E-state index in [1.165, 1.54) is 31.2 Å². The van der Waals surface area contributed by atoms with E-state index >= 15 is 0 Å². The van der Waals surface area contributed by atoms with E-state index in [9.17, 15) is 4.79 Å². The van der Waals surface area contributed by atoms with Crippen molar-refractivity contribution in [2.24, 2.45) is 0 Å². The van der Waals surface area contributed by atoms with Crippen molar-refractivity contribution in [3.63, 3.8) is 0 Å². The number of nitrogens with one attached hydrogen (secondary N) is 2. The number of halogens is 1. The van der Waals surface area contributed by atoms with E-state index in [1.54, 1.807) is 4.90 Å². The zero-order chi connectivity index (χ0) is 25.5. The van der Waals surface area contributed by atoms with Crippen LogP contribution in [0.25, 0.3) is 10.9 Å². The maximum atomic E-state index is 12.8. The highest BCUT2D eigenvalue weighted by atomic mass is 35.5. The van der Waals surface area contributed by atoms with Crippen LogP contribution in [0.15, 0.2) is 54.3 Å². The molecule has 2 aliphatic rings. The monoisotopic (exact) mass is 511 g/mol. The van der Waals surface area contributed by atoms with Gasteiger partial charge in [-0.1, -0.05) is 37.1 Å². The first-order chi connectivity index (χ1) is 17.5. The van der Waals surface area contributed by atoms with Crippen LogP contribution in [0.2, 0.25) is 5.02 Å². The summed E-state index contributed by atoms with van der Waals surface area (Å²) in [6.45, 7) is 10.6. The lowest BCUT2D eigenvalue weighted by molar-refractivity contribution is 0.0931. The molecule has 1 aromatic heterocycles. The molecule has 36 heavy (non-hydrogen) atoms. The van der Waals surface area contributed by atoms with E-state index in [2.05, 4.69) is 16.9 Å². The van der Waals surface area contributed by atoms with Crippen LogP contribution in [-0.2, 0) is 15.9 Å². The van der Waals surface area contributed by atoms with Gasteiger partial charge in [-0.05, 0) is 87.6 Å². The van der Waals surface area contributed by atoms with Crippen molar-refractivity contribution in [2.45, 2.75) is 64.5 Å². The maximum absolute atomic E-state index is 12.8. The average molecular weight is 512 g/mol. The number of fused-ring (bicyclic) bond motifs is 3. The summed E-state index contributed by atoms with van der Waals surface area (Å²) in [6.07, 6.45) is 12.4. The number of aromatic nitrogens is 1. The van der Waals surface area contributed by atoms with Crippen LogP contribution in [0.5, 0.6) is 0 Å². The van der Waals surface area contributed by atoms with Crippen LogP contribution in [0.3, 0.4) is 0 Å². The molecule has 194 valence electrons. The quantitative estimate of drug-likeness (QED) is 0.208. The summed E-state index contributed by atoms with van der Waals surface area (Å²) in [5, 5.41) is 5.41. The van der Waals surface area contributed by atoms with Gasteiger partial charge in [-0.25, -0.2) is 4.79 Å². The molecule has 0 unspecified atom stereocenters. The van der Waals surface area contributed by atoms with E-state index in [-0.39, 0.29) is 12.1 Å². The first-order valence-electron chi connectivity index (χ1n) is 13.1. The van der Waals surface area contributed by atoms with E-state index in [0.29, 0.717) is 30.8 Å². The molecular formula is C29H38ClN3O3. The molecule has 1 aliphatic carbocycles. The van der Waals surface area contributed by atoms with Crippen LogP contribution in [0.1, 0.15) is 63.3 Å². The van der Waals surface area contributed by atoms with Gasteiger partial charge in [0.25, 0.3) is 0 Å². The van der Waals surface area contributed by atoms with Crippen LogP contribution < -0.4 is 5.32 Å². The molecule has 1 aliphatic heterocycles. The van der Waals surface area contributed by atoms with Gasteiger partial charge in [0.2, 0.25) is 0 Å². The van der Waals surface area contributed by atoms with Crippen molar-refractivity contribution in [2.75, 3.05) is 26.3 Å². The smallest absolute Gasteiger partial charge is 0.410 e. The number of allylic oxidation sites excluding steroid dienone is 2. The second-order valence-electron chi connectivity index (χ2n) is 9.49. The third kappa shape index (κ3) is 6.16. The van der Waals surface area contributed by atoms with Crippen LogP contribution in [-0.4, -0.2) is 48.3 Å². The zero-order valence-corrected chi connectivity index (χ0v) is 22.2. The topological polar surface area (TPSA) is 66.6 Å². The third-order valence-corrected chi connectivity index (χ3v) is 7.30. The Morgan fingerprint density at radius 1 is 1.28 bits per heavy atom. The minimum Gasteiger partial charge on any atom is -0.494 e. The number of carbonyl (C=O) groups is 1. The fourth-order valence-electron chi connectivity index (χ4n) is 5.26. The number of aromatic amines is 1. The van der Waals surface area contributed by atoms with Crippen molar-refractivity contribution >= 4 is 28.6 Å². The van der Waals surface area contributed by atoms with Crippen molar-refractivity contribution < 1.29 is 14.3 Å². The first-order valence-corrected chi connectivity index (χ1v) is 13.5. The molecule has 2 N–H and O–H groups in total. The van der Waals surface area contributed by atoms with Crippen LogP contribution in [0, 0.1) is 0 Å². The molecule has 0 saturated heterocycles. The number of benzene rings is 1. The Morgan fingerprint density at radius 3 is 2.83 bits per heavy atom. The average Bonchev–Trinajstić information content (AvgIpc) is 3.52. The Kier molecular flexibility index (Phi) is 9.16. The molecule has 2 heterocycles. The van der Waals surface area contributed by atoms with Gasteiger partial charge in [0, 0.05) is 34.2 Å². The summed E-state index contributed by atoms with van der Waals surface area (Å²) in [6, 6.07) is 6.15. The number of H-pyrrole nitrogens is 1. The van der Waals surface area contributed by atoms with E-state index in [1.807, 2.05) is 50.3 Å². The summed E-state index contributed by atoms with van der Waals surface area (Å²) < 4.78 is 11.4. The molecule has 1 atom stereocenters. The molecule has 2 aromatic rings. The number of carbonyl (C=O) groups excluding carboxylic acids is 1. The number of hydrogen-bond acceptors (Lipinski definition) is 4.